The number of rotatable bonds is 10. The molecule has 5 aliphatic heterocycles. The summed E-state index contributed by atoms with van der Waals surface area (Å²) in [7, 11) is 0. The zero-order valence-electron chi connectivity index (χ0n) is 71.6. The summed E-state index contributed by atoms with van der Waals surface area (Å²) in [5.41, 5.74) is 11.1. The SMILES string of the molecule is [2H]c1c([2H])c([2H])c(-c2c([2H])c([2H])c3c(c2[2H])N(c2c(-c4ccccc4)cccc2-c2ccccc2)c2cc(-c4ccc(-c5ccccc5)cc4)cc4c2B3c2c3c5c(c([2H])c2N4c2c(-c4ccccc4)cccc2-c2ccccc2)-n2c4c([2H])c([2H])c([2H])c([2H])c4c4c([2H])c([2H])c6c(c42)B5c2c(c([2H])c(-c4ccccc4)c([2H])c2O6)O3)c([2H])c1[2H]. The number of fused-ring (bicyclic) bond motifs is 9. The molecule has 16 aromatic carbocycles. The highest BCUT2D eigenvalue weighted by Gasteiger charge is 2.53. The molecule has 5 aliphatic rings. The van der Waals surface area contributed by atoms with Crippen LogP contribution in [-0.2, 0) is 0 Å². The lowest BCUT2D eigenvalue weighted by Gasteiger charge is -2.48. The van der Waals surface area contributed by atoms with Gasteiger partial charge in [0, 0.05) is 66.9 Å². The summed E-state index contributed by atoms with van der Waals surface area (Å²) >= 11 is 0. The maximum absolute atomic E-state index is 12.2. The third-order valence-corrected chi connectivity index (χ3v) is 20.9. The first-order valence-corrected chi connectivity index (χ1v) is 34.2. The number of nitrogens with zero attached hydrogens (tertiary/aromatic N) is 3. The average Bonchev–Trinajstić information content (AvgIpc) is 1.38. The Bertz CT molecular complexity index is 7290. The highest BCUT2D eigenvalue weighted by molar-refractivity contribution is 7.04. The molecule has 0 fully saturated rings. The molecule has 0 spiro atoms. The van der Waals surface area contributed by atoms with Gasteiger partial charge >= 0.3 is 0 Å². The molecule has 1 aromatic heterocycles. The van der Waals surface area contributed by atoms with Crippen LogP contribution >= 0.6 is 0 Å². The Kier molecular flexibility index (Phi) is 9.48. The molecule has 7 heteroatoms. The van der Waals surface area contributed by atoms with Crippen LogP contribution in [0.3, 0.4) is 0 Å². The van der Waals surface area contributed by atoms with E-state index in [2.05, 4.69) is 11.0 Å². The van der Waals surface area contributed by atoms with Gasteiger partial charge in [-0.3, -0.25) is 0 Å². The van der Waals surface area contributed by atoms with Crippen molar-refractivity contribution >= 4 is 102 Å². The van der Waals surface area contributed by atoms with E-state index in [0.29, 0.717) is 67.2 Å². The fraction of sp³-hybridized carbons (Fsp3) is 0. The van der Waals surface area contributed by atoms with Crippen molar-refractivity contribution < 1.29 is 32.8 Å². The molecule has 22 rings (SSSR count). The van der Waals surface area contributed by atoms with Crippen LogP contribution in [0, 0.1) is 0 Å². The molecule has 0 amide bonds. The number of ether oxygens (including phenoxy) is 2. The van der Waals surface area contributed by atoms with Crippen molar-refractivity contribution in [2.45, 2.75) is 0 Å². The first-order chi connectivity index (χ1) is 58.2. The summed E-state index contributed by atoms with van der Waals surface area (Å²) in [6, 6.07) is 72.7. The van der Waals surface area contributed by atoms with Crippen molar-refractivity contribution in [3.63, 3.8) is 0 Å². The molecule has 17 aromatic rings. The van der Waals surface area contributed by atoms with Crippen LogP contribution in [0.4, 0.5) is 34.1 Å². The van der Waals surface area contributed by atoms with Crippen molar-refractivity contribution in [2.75, 3.05) is 9.80 Å². The molecule has 0 saturated carbocycles. The number of aromatic nitrogens is 1. The Morgan fingerprint density at radius 2 is 0.748 bits per heavy atom. The summed E-state index contributed by atoms with van der Waals surface area (Å²) in [6.45, 7) is -2.81. The van der Waals surface area contributed by atoms with E-state index in [1.165, 1.54) is 0 Å². The molecule has 103 heavy (non-hydrogen) atoms. The van der Waals surface area contributed by atoms with Gasteiger partial charge in [-0.15, -0.1) is 0 Å². The Balaban J connectivity index is 1.01. The number of benzene rings is 16. The number of hydrogen-bond donors (Lipinski definition) is 0. The standard InChI is InChI=1S/C96H59B2N3O2/c1-8-26-60(27-9-1)63-46-48-64(49-47-63)70-55-81-88-82(56-70)101(94-74(67-36-18-6-19-37-67)43-25-44-75(94)68-38-20-7-21-39-68)83-59-84-90-96(103-87-58-71(62-30-12-3-13-31-62)57-86-91(87)98(90)92-85(102-86)53-51-77-76-40-22-23-45-79(76)99(84)95(77)92)89(83)97(88)78-52-50-69(61-28-10-2-11-29-61)54-80(78)100(81)93-72(65-32-14-4-15-33-65)41-24-42-73(93)66-34-16-5-17-35-66/h1-59H/i2D,10D,11D,22D,23D,28D,29D,40D,45D,50D,51D,52D,53D,54D,57D,58D,59D. The van der Waals surface area contributed by atoms with Gasteiger partial charge in [0.2, 0.25) is 0 Å². The molecule has 5 nitrogen and oxygen atoms in total. The van der Waals surface area contributed by atoms with Crippen molar-refractivity contribution in [2.24, 2.45) is 0 Å². The van der Waals surface area contributed by atoms with E-state index in [9.17, 15) is 21.9 Å². The molecule has 6 heterocycles. The minimum Gasteiger partial charge on any atom is -0.459 e. The predicted molar refractivity (Wildman–Crippen MR) is 430 cm³/mol. The van der Waals surface area contributed by atoms with Crippen LogP contribution in [0.2, 0.25) is 0 Å². The number of anilines is 6. The topological polar surface area (TPSA) is 29.9 Å². The molecular formula is C96H59B2N3O2. The maximum Gasteiger partial charge on any atom is 0.266 e. The predicted octanol–water partition coefficient (Wildman–Crippen LogP) is 21.2. The van der Waals surface area contributed by atoms with E-state index in [-0.39, 0.29) is 113 Å². The van der Waals surface area contributed by atoms with Gasteiger partial charge in [-0.1, -0.05) is 303 Å². The zero-order chi connectivity index (χ0) is 82.2. The van der Waals surface area contributed by atoms with E-state index in [1.807, 2.05) is 229 Å². The van der Waals surface area contributed by atoms with Crippen LogP contribution in [0.1, 0.15) is 23.3 Å². The van der Waals surface area contributed by atoms with Gasteiger partial charge in [0.05, 0.1) is 45.7 Å². The lowest BCUT2D eigenvalue weighted by molar-refractivity contribution is 0.466. The Hall–Kier alpha value is -13.4. The molecular weight excluding hydrogens is 1250 g/mol. The highest BCUT2D eigenvalue weighted by atomic mass is 16.5. The van der Waals surface area contributed by atoms with Gasteiger partial charge in [-0.2, -0.15) is 0 Å². The van der Waals surface area contributed by atoms with Crippen LogP contribution < -0.4 is 52.1 Å². The second-order valence-corrected chi connectivity index (χ2v) is 26.3. The molecule has 476 valence electrons. The van der Waals surface area contributed by atoms with Crippen LogP contribution in [0.15, 0.2) is 358 Å². The monoisotopic (exact) mass is 1320 g/mol. The second kappa shape index (κ2) is 22.6. The minimum atomic E-state index is -1.50. The van der Waals surface area contributed by atoms with E-state index < -0.39 is 109 Å². The van der Waals surface area contributed by atoms with E-state index in [0.717, 1.165) is 33.4 Å². The summed E-state index contributed by atoms with van der Waals surface area (Å²) in [5, 5.41) is -0.150. The van der Waals surface area contributed by atoms with Crippen molar-refractivity contribution in [1.82, 2.24) is 4.57 Å². The van der Waals surface area contributed by atoms with Crippen LogP contribution in [0.25, 0.3) is 117 Å². The normalized spacial score (nSPS) is 15.2. The van der Waals surface area contributed by atoms with Crippen molar-refractivity contribution in [3.8, 4) is 118 Å². The first kappa shape index (κ1) is 43.2. The third kappa shape index (κ3) is 8.63. The zero-order valence-corrected chi connectivity index (χ0v) is 54.6. The van der Waals surface area contributed by atoms with Crippen LogP contribution in [0.5, 0.6) is 23.0 Å². The van der Waals surface area contributed by atoms with E-state index in [4.69, 9.17) is 10.8 Å². The van der Waals surface area contributed by atoms with E-state index >= 15 is 0 Å². The van der Waals surface area contributed by atoms with Gasteiger partial charge in [0.25, 0.3) is 13.4 Å². The number of hydrogen-bond acceptors (Lipinski definition) is 4. The van der Waals surface area contributed by atoms with Gasteiger partial charge < -0.3 is 23.8 Å². The summed E-state index contributed by atoms with van der Waals surface area (Å²) < 4.78 is 190. The summed E-state index contributed by atoms with van der Waals surface area (Å²) in [4.78, 5) is 4.00. The minimum absolute atomic E-state index is 0.00443. The third-order valence-electron chi connectivity index (χ3n) is 20.9. The fourth-order valence-corrected chi connectivity index (χ4v) is 16.5. The maximum atomic E-state index is 12.2. The molecule has 0 radical (unpaired) electrons. The first-order valence-electron chi connectivity index (χ1n) is 42.7. The average molecular weight is 1330 g/mol. The van der Waals surface area contributed by atoms with Crippen LogP contribution in [-0.4, -0.2) is 18.0 Å². The molecule has 0 aliphatic carbocycles. The summed E-state index contributed by atoms with van der Waals surface area (Å²) in [5.74, 6) is -0.431. The summed E-state index contributed by atoms with van der Waals surface area (Å²) in [6.07, 6.45) is 0. The van der Waals surface area contributed by atoms with E-state index in [1.54, 1.807) is 28.8 Å². The lowest BCUT2D eigenvalue weighted by atomic mass is 9.29. The van der Waals surface area contributed by atoms with Gasteiger partial charge in [0.15, 0.2) is 0 Å². The Morgan fingerprint density at radius 1 is 0.272 bits per heavy atom. The second-order valence-electron chi connectivity index (χ2n) is 26.3. The molecule has 0 atom stereocenters. The molecule has 0 bridgehead atoms. The smallest absolute Gasteiger partial charge is 0.266 e. The molecule has 0 unspecified atom stereocenters. The molecule has 0 N–H and O–H groups in total. The quantitative estimate of drug-likeness (QED) is 0.128. The fourth-order valence-electron chi connectivity index (χ4n) is 16.5. The van der Waals surface area contributed by atoms with Gasteiger partial charge in [-0.25, -0.2) is 0 Å². The Labute approximate surface area is 621 Å². The van der Waals surface area contributed by atoms with Gasteiger partial charge in [0.1, 0.15) is 23.0 Å². The lowest BCUT2D eigenvalue weighted by Crippen LogP contribution is -2.66. The largest absolute Gasteiger partial charge is 0.459 e. The van der Waals surface area contributed by atoms with Crippen molar-refractivity contribution in [1.29, 1.82) is 0 Å². The van der Waals surface area contributed by atoms with Crippen molar-refractivity contribution in [3.05, 3.63) is 358 Å². The Morgan fingerprint density at radius 3 is 1.31 bits per heavy atom. The number of para-hydroxylation sites is 3. The van der Waals surface area contributed by atoms with Gasteiger partial charge in [-0.05, 0) is 149 Å². The highest BCUT2D eigenvalue weighted by Crippen LogP contribution is 2.56. The molecule has 0 saturated heterocycles.